The minimum Gasteiger partial charge on any atom is -0.364 e. The fourth-order valence-electron chi connectivity index (χ4n) is 1.27. The van der Waals surface area contributed by atoms with Gasteiger partial charge in [-0.2, -0.15) is 5.48 Å². The van der Waals surface area contributed by atoms with Crippen molar-refractivity contribution in [3.8, 4) is 0 Å². The van der Waals surface area contributed by atoms with Crippen molar-refractivity contribution >= 4 is 0 Å². The van der Waals surface area contributed by atoms with Crippen LogP contribution in [0.5, 0.6) is 0 Å². The van der Waals surface area contributed by atoms with E-state index in [1.807, 2.05) is 13.1 Å². The van der Waals surface area contributed by atoms with E-state index in [4.69, 9.17) is 9.57 Å². The maximum atomic E-state index is 5.30. The third-order valence-corrected chi connectivity index (χ3v) is 2.23. The average Bonchev–Trinajstić information content (AvgIpc) is 2.85. The lowest BCUT2D eigenvalue weighted by atomic mass is 10.5. The maximum Gasteiger partial charge on any atom is 0.0988 e. The lowest BCUT2D eigenvalue weighted by Gasteiger charge is -2.06. The van der Waals surface area contributed by atoms with Crippen LogP contribution in [0.1, 0.15) is 26.0 Å². The van der Waals surface area contributed by atoms with Crippen LogP contribution in [0.25, 0.3) is 0 Å². The summed E-state index contributed by atoms with van der Waals surface area (Å²) in [6.07, 6.45) is 3.00. The summed E-state index contributed by atoms with van der Waals surface area (Å²) in [5, 5.41) is 11.1. The second kappa shape index (κ2) is 9.95. The monoisotopic (exact) mass is 257 g/mol. The standard InChI is InChI=1S/C11H23N5O2/c1-3-5-12-10-17-6-7-18-13-8-11-9-16(4-2)15-14-11/h9,12-13H,3-8,10H2,1-2H3. The van der Waals surface area contributed by atoms with E-state index in [-0.39, 0.29) is 0 Å². The first-order valence-electron chi connectivity index (χ1n) is 6.39. The lowest BCUT2D eigenvalue weighted by molar-refractivity contribution is -0.0114. The van der Waals surface area contributed by atoms with Gasteiger partial charge in [0.25, 0.3) is 0 Å². The van der Waals surface area contributed by atoms with E-state index in [9.17, 15) is 0 Å². The van der Waals surface area contributed by atoms with Crippen molar-refractivity contribution in [2.45, 2.75) is 33.4 Å². The Bertz CT molecular complexity index is 305. The molecular formula is C11H23N5O2. The summed E-state index contributed by atoms with van der Waals surface area (Å²) < 4.78 is 7.08. The van der Waals surface area contributed by atoms with Crippen LogP contribution in [0.4, 0.5) is 0 Å². The predicted molar refractivity (Wildman–Crippen MR) is 67.6 cm³/mol. The molecule has 0 bridgehead atoms. The SMILES string of the molecule is CCCNCOCCONCc1cn(CC)nn1. The highest BCUT2D eigenvalue weighted by molar-refractivity contribution is 4.90. The largest absolute Gasteiger partial charge is 0.364 e. The molecule has 0 saturated carbocycles. The van der Waals surface area contributed by atoms with Gasteiger partial charge in [-0.3, -0.25) is 14.8 Å². The van der Waals surface area contributed by atoms with Crippen LogP contribution < -0.4 is 10.8 Å². The highest BCUT2D eigenvalue weighted by atomic mass is 16.7. The molecule has 0 radical (unpaired) electrons. The summed E-state index contributed by atoms with van der Waals surface area (Å²) >= 11 is 0. The van der Waals surface area contributed by atoms with Crippen LogP contribution in [0.15, 0.2) is 6.20 Å². The first-order chi connectivity index (χ1) is 8.86. The van der Waals surface area contributed by atoms with Crippen molar-refractivity contribution in [1.82, 2.24) is 25.8 Å². The molecule has 0 spiro atoms. The molecule has 0 atom stereocenters. The Balaban J connectivity index is 1.89. The van der Waals surface area contributed by atoms with Gasteiger partial charge in [0.15, 0.2) is 0 Å². The van der Waals surface area contributed by atoms with E-state index >= 15 is 0 Å². The number of nitrogens with one attached hydrogen (secondary N) is 2. The van der Waals surface area contributed by atoms with Crippen LogP contribution in [0, 0.1) is 0 Å². The third kappa shape index (κ3) is 6.65. The summed E-state index contributed by atoms with van der Waals surface area (Å²) in [5.41, 5.74) is 3.69. The Labute approximate surface area is 108 Å². The smallest absolute Gasteiger partial charge is 0.0988 e. The van der Waals surface area contributed by atoms with Gasteiger partial charge in [0.2, 0.25) is 0 Å². The minimum absolute atomic E-state index is 0.510. The number of hydrogen-bond donors (Lipinski definition) is 2. The molecule has 1 aromatic heterocycles. The number of aryl methyl sites for hydroxylation is 1. The molecule has 0 amide bonds. The quantitative estimate of drug-likeness (QED) is 0.337. The van der Waals surface area contributed by atoms with Gasteiger partial charge in [0.1, 0.15) is 0 Å². The normalized spacial score (nSPS) is 11.0. The van der Waals surface area contributed by atoms with E-state index in [0.29, 0.717) is 26.5 Å². The number of aromatic nitrogens is 3. The maximum absolute atomic E-state index is 5.30. The Morgan fingerprint density at radius 2 is 2.22 bits per heavy atom. The Hall–Kier alpha value is -1.02. The number of hydroxylamine groups is 1. The van der Waals surface area contributed by atoms with E-state index in [1.165, 1.54) is 0 Å². The molecule has 7 heteroatoms. The topological polar surface area (TPSA) is 73.2 Å². The van der Waals surface area contributed by atoms with Gasteiger partial charge in [-0.1, -0.05) is 12.1 Å². The van der Waals surface area contributed by atoms with Crippen LogP contribution in [0.2, 0.25) is 0 Å². The molecule has 0 aliphatic rings. The van der Waals surface area contributed by atoms with Crippen molar-refractivity contribution < 1.29 is 9.57 Å². The molecule has 104 valence electrons. The summed E-state index contributed by atoms with van der Waals surface area (Å²) in [7, 11) is 0. The molecule has 0 unspecified atom stereocenters. The highest BCUT2D eigenvalue weighted by Crippen LogP contribution is 1.91. The van der Waals surface area contributed by atoms with Gasteiger partial charge < -0.3 is 4.74 Å². The molecule has 2 N–H and O–H groups in total. The van der Waals surface area contributed by atoms with Crippen molar-refractivity contribution in [3.05, 3.63) is 11.9 Å². The van der Waals surface area contributed by atoms with Crippen LogP contribution in [0.3, 0.4) is 0 Å². The molecule has 1 heterocycles. The number of ether oxygens (including phenoxy) is 1. The molecule has 0 aromatic carbocycles. The molecule has 0 aliphatic heterocycles. The van der Waals surface area contributed by atoms with E-state index < -0.39 is 0 Å². The second-order valence-corrected chi connectivity index (χ2v) is 3.79. The first-order valence-corrected chi connectivity index (χ1v) is 6.39. The first kappa shape index (κ1) is 15.0. The van der Waals surface area contributed by atoms with E-state index in [1.54, 1.807) is 4.68 Å². The van der Waals surface area contributed by atoms with Gasteiger partial charge in [0, 0.05) is 12.7 Å². The second-order valence-electron chi connectivity index (χ2n) is 3.79. The predicted octanol–water partition coefficient (Wildman–Crippen LogP) is 0.293. The number of nitrogens with zero attached hydrogens (tertiary/aromatic N) is 3. The molecule has 7 nitrogen and oxygen atoms in total. The fourth-order valence-corrected chi connectivity index (χ4v) is 1.27. The molecular weight excluding hydrogens is 234 g/mol. The van der Waals surface area contributed by atoms with E-state index in [0.717, 1.165) is 25.2 Å². The number of hydrogen-bond acceptors (Lipinski definition) is 6. The zero-order chi connectivity index (χ0) is 13.1. The molecule has 0 aliphatic carbocycles. The third-order valence-electron chi connectivity index (χ3n) is 2.23. The van der Waals surface area contributed by atoms with Crippen LogP contribution >= 0.6 is 0 Å². The molecule has 0 fully saturated rings. The van der Waals surface area contributed by atoms with Gasteiger partial charge in [0.05, 0.1) is 32.2 Å². The van der Waals surface area contributed by atoms with Crippen LogP contribution in [-0.4, -0.2) is 41.5 Å². The van der Waals surface area contributed by atoms with Crippen molar-refractivity contribution in [3.63, 3.8) is 0 Å². The average molecular weight is 257 g/mol. The fraction of sp³-hybridized carbons (Fsp3) is 0.818. The lowest BCUT2D eigenvalue weighted by Crippen LogP contribution is -2.22. The summed E-state index contributed by atoms with van der Waals surface area (Å²) in [4.78, 5) is 5.21. The minimum atomic E-state index is 0.510. The van der Waals surface area contributed by atoms with E-state index in [2.05, 4.69) is 28.0 Å². The molecule has 1 rings (SSSR count). The van der Waals surface area contributed by atoms with Crippen LogP contribution in [-0.2, 0) is 22.7 Å². The van der Waals surface area contributed by atoms with Crippen molar-refractivity contribution in [2.75, 3.05) is 26.5 Å². The molecule has 0 saturated heterocycles. The van der Waals surface area contributed by atoms with Crippen molar-refractivity contribution in [1.29, 1.82) is 0 Å². The van der Waals surface area contributed by atoms with Gasteiger partial charge in [-0.25, -0.2) is 0 Å². The van der Waals surface area contributed by atoms with Gasteiger partial charge >= 0.3 is 0 Å². The highest BCUT2D eigenvalue weighted by Gasteiger charge is 1.98. The Morgan fingerprint density at radius 1 is 1.33 bits per heavy atom. The summed E-state index contributed by atoms with van der Waals surface area (Å²) in [6, 6.07) is 0. The summed E-state index contributed by atoms with van der Waals surface area (Å²) in [6.45, 7) is 8.14. The molecule has 1 aromatic rings. The zero-order valence-electron chi connectivity index (χ0n) is 11.2. The summed E-state index contributed by atoms with van der Waals surface area (Å²) in [5.74, 6) is 0. The van der Waals surface area contributed by atoms with Crippen molar-refractivity contribution in [2.24, 2.45) is 0 Å². The van der Waals surface area contributed by atoms with Gasteiger partial charge in [-0.05, 0) is 19.9 Å². The number of rotatable bonds is 11. The zero-order valence-corrected chi connectivity index (χ0v) is 11.2. The molecule has 18 heavy (non-hydrogen) atoms. The Kier molecular flexibility index (Phi) is 8.32. The Morgan fingerprint density at radius 3 is 2.94 bits per heavy atom. The van der Waals surface area contributed by atoms with Gasteiger partial charge in [-0.15, -0.1) is 5.10 Å².